The molecule has 1 aromatic carbocycles. The highest BCUT2D eigenvalue weighted by molar-refractivity contribution is 7.89. The Labute approximate surface area is 149 Å². The molecule has 0 aromatic heterocycles. The van der Waals surface area contributed by atoms with E-state index in [-0.39, 0.29) is 22.6 Å². The molecule has 1 fully saturated rings. The summed E-state index contributed by atoms with van der Waals surface area (Å²) in [6, 6.07) is 4.17. The SMILES string of the molecule is COc1ccc(C(=O)NCCC2CCNC2)cc1S(=O)(=O)NC(C)C. The summed E-state index contributed by atoms with van der Waals surface area (Å²) < 4.78 is 32.6. The molecule has 1 aliphatic rings. The number of carbonyl (C=O) groups is 1. The number of methoxy groups -OCH3 is 1. The van der Waals surface area contributed by atoms with E-state index in [2.05, 4.69) is 15.4 Å². The first kappa shape index (κ1) is 19.7. The van der Waals surface area contributed by atoms with Gasteiger partial charge in [-0.25, -0.2) is 13.1 Å². The van der Waals surface area contributed by atoms with Crippen molar-refractivity contribution in [3.63, 3.8) is 0 Å². The van der Waals surface area contributed by atoms with Gasteiger partial charge in [-0.15, -0.1) is 0 Å². The third kappa shape index (κ3) is 5.42. The Hall–Kier alpha value is -1.64. The molecule has 0 saturated carbocycles. The van der Waals surface area contributed by atoms with Crippen LogP contribution in [0.5, 0.6) is 5.75 Å². The number of hydrogen-bond donors (Lipinski definition) is 3. The van der Waals surface area contributed by atoms with Gasteiger partial charge in [-0.2, -0.15) is 0 Å². The Morgan fingerprint density at radius 1 is 1.40 bits per heavy atom. The lowest BCUT2D eigenvalue weighted by Crippen LogP contribution is -2.31. The first-order chi connectivity index (χ1) is 11.8. The molecule has 140 valence electrons. The van der Waals surface area contributed by atoms with E-state index in [1.54, 1.807) is 19.9 Å². The van der Waals surface area contributed by atoms with Crippen LogP contribution >= 0.6 is 0 Å². The molecule has 1 amide bonds. The molecule has 0 aliphatic carbocycles. The van der Waals surface area contributed by atoms with E-state index in [0.29, 0.717) is 18.0 Å². The fraction of sp³-hybridized carbons (Fsp3) is 0.588. The molecule has 7 nitrogen and oxygen atoms in total. The van der Waals surface area contributed by atoms with Crippen LogP contribution in [0.2, 0.25) is 0 Å². The van der Waals surface area contributed by atoms with Crippen molar-refractivity contribution in [2.24, 2.45) is 5.92 Å². The maximum atomic E-state index is 12.5. The van der Waals surface area contributed by atoms with Crippen LogP contribution in [0.25, 0.3) is 0 Å². The van der Waals surface area contributed by atoms with Crippen molar-refractivity contribution in [3.05, 3.63) is 23.8 Å². The Bertz CT molecular complexity index is 698. The monoisotopic (exact) mass is 369 g/mol. The number of nitrogens with one attached hydrogen (secondary N) is 3. The Morgan fingerprint density at radius 3 is 2.76 bits per heavy atom. The Kier molecular flexibility index (Phi) is 6.80. The molecule has 3 N–H and O–H groups in total. The van der Waals surface area contributed by atoms with Crippen LogP contribution in [0, 0.1) is 5.92 Å². The summed E-state index contributed by atoms with van der Waals surface area (Å²) in [4.78, 5) is 12.3. The number of hydrogen-bond acceptors (Lipinski definition) is 5. The van der Waals surface area contributed by atoms with E-state index in [0.717, 1.165) is 25.9 Å². The predicted molar refractivity (Wildman–Crippen MR) is 96.4 cm³/mol. The minimum Gasteiger partial charge on any atom is -0.495 e. The smallest absolute Gasteiger partial charge is 0.251 e. The number of carbonyl (C=O) groups excluding carboxylic acids is 1. The molecule has 0 bridgehead atoms. The molecule has 1 aliphatic heterocycles. The van der Waals surface area contributed by atoms with Crippen LogP contribution in [0.3, 0.4) is 0 Å². The van der Waals surface area contributed by atoms with Crippen LogP contribution < -0.4 is 20.1 Å². The van der Waals surface area contributed by atoms with Crippen LogP contribution in [-0.2, 0) is 10.0 Å². The molecule has 2 rings (SSSR count). The molecule has 1 heterocycles. The number of sulfonamides is 1. The normalized spacial score (nSPS) is 17.7. The number of amides is 1. The molecule has 25 heavy (non-hydrogen) atoms. The van der Waals surface area contributed by atoms with Crippen LogP contribution in [-0.4, -0.2) is 47.1 Å². The van der Waals surface area contributed by atoms with Crippen molar-refractivity contribution in [2.75, 3.05) is 26.7 Å². The Morgan fingerprint density at radius 2 is 2.16 bits per heavy atom. The van der Waals surface area contributed by atoms with Gasteiger partial charge in [0.05, 0.1) is 7.11 Å². The first-order valence-corrected chi connectivity index (χ1v) is 10.0. The number of benzene rings is 1. The van der Waals surface area contributed by atoms with E-state index in [4.69, 9.17) is 4.74 Å². The minimum absolute atomic E-state index is 0.0312. The predicted octanol–water partition coefficient (Wildman–Crippen LogP) is 1.11. The van der Waals surface area contributed by atoms with E-state index in [1.165, 1.54) is 19.2 Å². The third-order valence-electron chi connectivity index (χ3n) is 4.11. The maximum absolute atomic E-state index is 12.5. The van der Waals surface area contributed by atoms with Gasteiger partial charge in [-0.1, -0.05) is 0 Å². The van der Waals surface area contributed by atoms with E-state index in [9.17, 15) is 13.2 Å². The average molecular weight is 369 g/mol. The summed E-state index contributed by atoms with van der Waals surface area (Å²) in [5, 5.41) is 6.15. The summed E-state index contributed by atoms with van der Waals surface area (Å²) in [7, 11) is -2.35. The van der Waals surface area contributed by atoms with Crippen LogP contribution in [0.1, 0.15) is 37.0 Å². The number of rotatable bonds is 8. The maximum Gasteiger partial charge on any atom is 0.251 e. The van der Waals surface area contributed by atoms with Gasteiger partial charge in [0.25, 0.3) is 5.91 Å². The minimum atomic E-state index is -3.76. The van der Waals surface area contributed by atoms with Gasteiger partial charge in [0.15, 0.2) is 0 Å². The zero-order valence-corrected chi connectivity index (χ0v) is 15.8. The van der Waals surface area contributed by atoms with Gasteiger partial charge in [0, 0.05) is 18.2 Å². The second kappa shape index (κ2) is 8.64. The van der Waals surface area contributed by atoms with Gasteiger partial charge in [0.2, 0.25) is 10.0 Å². The molecule has 0 spiro atoms. The van der Waals surface area contributed by atoms with Crippen molar-refractivity contribution in [3.8, 4) is 5.75 Å². The molecule has 1 saturated heterocycles. The second-order valence-electron chi connectivity index (χ2n) is 6.55. The summed E-state index contributed by atoms with van der Waals surface area (Å²) in [5.74, 6) is 0.513. The fourth-order valence-corrected chi connectivity index (χ4v) is 4.30. The van der Waals surface area contributed by atoms with Crippen LogP contribution in [0.15, 0.2) is 23.1 Å². The first-order valence-electron chi connectivity index (χ1n) is 8.52. The molecular weight excluding hydrogens is 342 g/mol. The molecule has 0 radical (unpaired) electrons. The van der Waals surface area contributed by atoms with Crippen molar-refractivity contribution in [1.29, 1.82) is 0 Å². The lowest BCUT2D eigenvalue weighted by atomic mass is 10.1. The van der Waals surface area contributed by atoms with Gasteiger partial charge >= 0.3 is 0 Å². The second-order valence-corrected chi connectivity index (χ2v) is 8.23. The average Bonchev–Trinajstić information content (AvgIpc) is 3.06. The quantitative estimate of drug-likeness (QED) is 0.638. The highest BCUT2D eigenvalue weighted by Gasteiger charge is 2.22. The van der Waals surface area contributed by atoms with Gasteiger partial charge in [-0.05, 0) is 63.9 Å². The van der Waals surface area contributed by atoms with Crippen molar-refractivity contribution < 1.29 is 17.9 Å². The zero-order chi connectivity index (χ0) is 18.4. The van der Waals surface area contributed by atoms with Gasteiger partial charge in [-0.3, -0.25) is 4.79 Å². The summed E-state index contributed by atoms with van der Waals surface area (Å²) >= 11 is 0. The van der Waals surface area contributed by atoms with Crippen molar-refractivity contribution in [1.82, 2.24) is 15.4 Å². The summed E-state index contributed by atoms with van der Waals surface area (Å²) in [6.07, 6.45) is 2.04. The summed E-state index contributed by atoms with van der Waals surface area (Å²) in [6.45, 7) is 6.06. The van der Waals surface area contributed by atoms with Crippen molar-refractivity contribution in [2.45, 2.75) is 37.6 Å². The highest BCUT2D eigenvalue weighted by Crippen LogP contribution is 2.25. The molecule has 1 atom stereocenters. The van der Waals surface area contributed by atoms with E-state index >= 15 is 0 Å². The van der Waals surface area contributed by atoms with E-state index < -0.39 is 10.0 Å². The Balaban J connectivity index is 2.10. The standard InChI is InChI=1S/C17H27N3O4S/c1-12(2)20-25(22,23)16-10-14(4-5-15(16)24-3)17(21)19-9-7-13-6-8-18-11-13/h4-5,10,12-13,18,20H,6-9,11H2,1-3H3,(H,19,21). The zero-order valence-electron chi connectivity index (χ0n) is 15.0. The van der Waals surface area contributed by atoms with Gasteiger partial charge < -0.3 is 15.4 Å². The van der Waals surface area contributed by atoms with E-state index in [1.807, 2.05) is 0 Å². The lowest BCUT2D eigenvalue weighted by Gasteiger charge is -2.14. The molecule has 1 aromatic rings. The van der Waals surface area contributed by atoms with Crippen molar-refractivity contribution >= 4 is 15.9 Å². The van der Waals surface area contributed by atoms with Crippen LogP contribution in [0.4, 0.5) is 0 Å². The fourth-order valence-electron chi connectivity index (χ4n) is 2.85. The van der Waals surface area contributed by atoms with Gasteiger partial charge in [0.1, 0.15) is 10.6 Å². The molecule has 1 unspecified atom stereocenters. The number of ether oxygens (including phenoxy) is 1. The highest BCUT2D eigenvalue weighted by atomic mass is 32.2. The molecular formula is C17H27N3O4S. The lowest BCUT2D eigenvalue weighted by molar-refractivity contribution is 0.0951. The molecule has 8 heteroatoms. The third-order valence-corrected chi connectivity index (χ3v) is 5.79. The largest absolute Gasteiger partial charge is 0.495 e. The topological polar surface area (TPSA) is 96.5 Å². The summed E-state index contributed by atoms with van der Waals surface area (Å²) in [5.41, 5.74) is 0.300.